The predicted molar refractivity (Wildman–Crippen MR) is 103 cm³/mol. The molecular weight excluding hydrogens is 324 g/mol. The maximum atomic E-state index is 5.66. The normalized spacial score (nSPS) is 12.0. The number of hydrogen-bond donors (Lipinski definition) is 1. The number of ether oxygens (including phenoxy) is 1. The highest BCUT2D eigenvalue weighted by Gasteiger charge is 2.19. The molecule has 0 saturated heterocycles. The van der Waals surface area contributed by atoms with E-state index in [9.17, 15) is 0 Å². The lowest BCUT2D eigenvalue weighted by atomic mass is 10.1. The molecular formula is C18H24N2OS2. The maximum Gasteiger partial charge on any atom is 0.174 e. The molecule has 3 nitrogen and oxygen atoms in total. The van der Waals surface area contributed by atoms with Gasteiger partial charge in [0.15, 0.2) is 5.11 Å². The number of nitrogens with one attached hydrogen (secondary N) is 1. The van der Waals surface area contributed by atoms with E-state index in [-0.39, 0.29) is 6.04 Å². The van der Waals surface area contributed by atoms with Gasteiger partial charge in [0.05, 0.1) is 12.6 Å². The van der Waals surface area contributed by atoms with Gasteiger partial charge in [0.2, 0.25) is 0 Å². The average molecular weight is 349 g/mol. The number of rotatable bonds is 7. The van der Waals surface area contributed by atoms with E-state index in [1.54, 1.807) is 18.4 Å². The van der Waals surface area contributed by atoms with E-state index in [1.165, 1.54) is 10.4 Å². The minimum atomic E-state index is 0.222. The second-order valence-electron chi connectivity index (χ2n) is 5.36. The van der Waals surface area contributed by atoms with E-state index in [2.05, 4.69) is 65.8 Å². The van der Waals surface area contributed by atoms with Gasteiger partial charge in [-0.05, 0) is 54.7 Å². The van der Waals surface area contributed by atoms with Gasteiger partial charge in [-0.3, -0.25) is 0 Å². The molecule has 2 aromatic rings. The minimum Gasteiger partial charge on any atom is -0.383 e. The molecule has 0 aliphatic heterocycles. The Balaban J connectivity index is 2.12. The summed E-state index contributed by atoms with van der Waals surface area (Å²) in [4.78, 5) is 3.48. The van der Waals surface area contributed by atoms with Crippen molar-refractivity contribution in [3.05, 3.63) is 52.2 Å². The molecule has 0 saturated carbocycles. The number of hydrogen-bond acceptors (Lipinski definition) is 3. The van der Waals surface area contributed by atoms with Crippen molar-refractivity contribution in [2.45, 2.75) is 26.3 Å². The fourth-order valence-corrected chi connectivity index (χ4v) is 3.57. The van der Waals surface area contributed by atoms with Gasteiger partial charge in [-0.2, -0.15) is 0 Å². The van der Waals surface area contributed by atoms with E-state index in [4.69, 9.17) is 17.0 Å². The molecule has 0 radical (unpaired) electrons. The van der Waals surface area contributed by atoms with Crippen molar-refractivity contribution in [2.75, 3.05) is 25.6 Å². The smallest absolute Gasteiger partial charge is 0.174 e. The van der Waals surface area contributed by atoms with Crippen molar-refractivity contribution in [1.82, 2.24) is 4.90 Å². The first-order valence-electron chi connectivity index (χ1n) is 7.84. The average Bonchev–Trinajstić information content (AvgIpc) is 3.09. The summed E-state index contributed by atoms with van der Waals surface area (Å²) in [7, 11) is 1.72. The standard InChI is InChI=1S/C18H24N2OS2/c1-4-15-7-5-8-16(13-15)19-18(22)20(10-11-21-3)14(2)17-9-6-12-23-17/h5-9,12-14H,4,10-11H2,1-3H3,(H,19,22)/t14-/m0/s1. The Hall–Kier alpha value is -1.43. The molecule has 1 N–H and O–H groups in total. The van der Waals surface area contributed by atoms with Crippen LogP contribution in [0.5, 0.6) is 0 Å². The number of aryl methyl sites for hydroxylation is 1. The van der Waals surface area contributed by atoms with Gasteiger partial charge in [-0.15, -0.1) is 11.3 Å². The van der Waals surface area contributed by atoms with Gasteiger partial charge in [0.1, 0.15) is 0 Å². The summed E-state index contributed by atoms with van der Waals surface area (Å²) in [5.74, 6) is 0. The lowest BCUT2D eigenvalue weighted by molar-refractivity contribution is 0.166. The summed E-state index contributed by atoms with van der Waals surface area (Å²) < 4.78 is 5.25. The summed E-state index contributed by atoms with van der Waals surface area (Å²) >= 11 is 7.42. The third-order valence-electron chi connectivity index (χ3n) is 3.81. The first-order valence-corrected chi connectivity index (χ1v) is 9.13. The van der Waals surface area contributed by atoms with Crippen LogP contribution < -0.4 is 5.32 Å². The van der Waals surface area contributed by atoms with Crippen LogP contribution in [0.2, 0.25) is 0 Å². The fourth-order valence-electron chi connectivity index (χ4n) is 2.41. The Morgan fingerprint density at radius 2 is 2.17 bits per heavy atom. The number of benzene rings is 1. The van der Waals surface area contributed by atoms with Crippen LogP contribution in [-0.2, 0) is 11.2 Å². The van der Waals surface area contributed by atoms with E-state index < -0.39 is 0 Å². The second-order valence-corrected chi connectivity index (χ2v) is 6.73. The molecule has 0 bridgehead atoms. The topological polar surface area (TPSA) is 24.5 Å². The monoisotopic (exact) mass is 348 g/mol. The van der Waals surface area contributed by atoms with E-state index in [0.717, 1.165) is 23.8 Å². The summed E-state index contributed by atoms with van der Waals surface area (Å²) in [5, 5.41) is 6.21. The molecule has 0 amide bonds. The van der Waals surface area contributed by atoms with Gasteiger partial charge < -0.3 is 15.0 Å². The summed E-state index contributed by atoms with van der Waals surface area (Å²) in [6, 6.07) is 12.8. The zero-order chi connectivity index (χ0) is 16.7. The lowest BCUT2D eigenvalue weighted by Gasteiger charge is -2.31. The van der Waals surface area contributed by atoms with Gasteiger partial charge in [0, 0.05) is 24.2 Å². The molecule has 1 aromatic carbocycles. The molecule has 0 aliphatic rings. The largest absolute Gasteiger partial charge is 0.383 e. The highest BCUT2D eigenvalue weighted by molar-refractivity contribution is 7.80. The van der Waals surface area contributed by atoms with Crippen molar-refractivity contribution in [3.8, 4) is 0 Å². The van der Waals surface area contributed by atoms with Crippen LogP contribution in [0.3, 0.4) is 0 Å². The maximum absolute atomic E-state index is 5.66. The van der Waals surface area contributed by atoms with Crippen LogP contribution in [0.25, 0.3) is 0 Å². The first-order chi connectivity index (χ1) is 11.2. The van der Waals surface area contributed by atoms with Gasteiger partial charge in [-0.25, -0.2) is 0 Å². The zero-order valence-corrected chi connectivity index (χ0v) is 15.5. The molecule has 0 fully saturated rings. The van der Waals surface area contributed by atoms with Crippen molar-refractivity contribution in [2.24, 2.45) is 0 Å². The quantitative estimate of drug-likeness (QED) is 0.732. The van der Waals surface area contributed by atoms with Crippen LogP contribution in [0.1, 0.15) is 30.3 Å². The molecule has 124 valence electrons. The van der Waals surface area contributed by atoms with Crippen molar-refractivity contribution in [3.63, 3.8) is 0 Å². The van der Waals surface area contributed by atoms with Crippen LogP contribution in [0.15, 0.2) is 41.8 Å². The summed E-state index contributed by atoms with van der Waals surface area (Å²) in [6.45, 7) is 5.74. The van der Waals surface area contributed by atoms with Crippen molar-refractivity contribution < 1.29 is 4.74 Å². The molecule has 0 aliphatic carbocycles. The zero-order valence-electron chi connectivity index (χ0n) is 13.9. The number of thiocarbonyl (C=S) groups is 1. The van der Waals surface area contributed by atoms with Crippen LogP contribution >= 0.6 is 23.6 Å². The number of methoxy groups -OCH3 is 1. The van der Waals surface area contributed by atoms with Crippen molar-refractivity contribution in [1.29, 1.82) is 0 Å². The Morgan fingerprint density at radius 3 is 2.83 bits per heavy atom. The van der Waals surface area contributed by atoms with Crippen LogP contribution in [0, 0.1) is 0 Å². The van der Waals surface area contributed by atoms with Crippen LogP contribution in [0.4, 0.5) is 5.69 Å². The molecule has 5 heteroatoms. The Kier molecular flexibility index (Phi) is 7.02. The molecule has 0 unspecified atom stereocenters. The summed E-state index contributed by atoms with van der Waals surface area (Å²) in [5.41, 5.74) is 2.34. The summed E-state index contributed by atoms with van der Waals surface area (Å²) in [6.07, 6.45) is 1.02. The highest BCUT2D eigenvalue weighted by atomic mass is 32.1. The fraction of sp³-hybridized carbons (Fsp3) is 0.389. The number of thiophene rings is 1. The molecule has 1 heterocycles. The first kappa shape index (κ1) is 17.9. The van der Waals surface area contributed by atoms with E-state index in [1.807, 2.05) is 0 Å². The second kappa shape index (κ2) is 9.01. The molecule has 0 spiro atoms. The molecule has 1 aromatic heterocycles. The molecule has 1 atom stereocenters. The highest BCUT2D eigenvalue weighted by Crippen LogP contribution is 2.25. The Labute approximate surface area is 148 Å². The van der Waals surface area contributed by atoms with Crippen molar-refractivity contribution >= 4 is 34.4 Å². The number of anilines is 1. The third-order valence-corrected chi connectivity index (χ3v) is 5.19. The number of nitrogens with zero attached hydrogens (tertiary/aromatic N) is 1. The lowest BCUT2D eigenvalue weighted by Crippen LogP contribution is -2.38. The predicted octanol–water partition coefficient (Wildman–Crippen LogP) is 4.72. The third kappa shape index (κ3) is 5.03. The SMILES string of the molecule is CCc1cccc(NC(=S)N(CCOC)[C@@H](C)c2cccs2)c1. The minimum absolute atomic E-state index is 0.222. The van der Waals surface area contributed by atoms with E-state index in [0.29, 0.717) is 6.61 Å². The van der Waals surface area contributed by atoms with Crippen LogP contribution in [-0.4, -0.2) is 30.3 Å². The molecule has 2 rings (SSSR count). The molecule has 23 heavy (non-hydrogen) atoms. The Morgan fingerprint density at radius 1 is 1.35 bits per heavy atom. The van der Waals surface area contributed by atoms with Gasteiger partial charge >= 0.3 is 0 Å². The van der Waals surface area contributed by atoms with Gasteiger partial charge in [0.25, 0.3) is 0 Å². The van der Waals surface area contributed by atoms with Gasteiger partial charge in [-0.1, -0.05) is 25.1 Å². The Bertz CT molecular complexity index is 613. The van der Waals surface area contributed by atoms with E-state index >= 15 is 0 Å².